The third kappa shape index (κ3) is 2.39. The second kappa shape index (κ2) is 5.44. The summed E-state index contributed by atoms with van der Waals surface area (Å²) >= 11 is 1.65. The number of carbonyl (C=O) groups excluding carboxylic acids is 1. The van der Waals surface area contributed by atoms with Gasteiger partial charge in [0, 0.05) is 14.1 Å². The Balaban J connectivity index is 1.48. The summed E-state index contributed by atoms with van der Waals surface area (Å²) < 4.78 is 3.29. The van der Waals surface area contributed by atoms with E-state index in [0.717, 1.165) is 41.8 Å². The number of fused-ring (bicyclic) bond motifs is 1. The van der Waals surface area contributed by atoms with Crippen molar-refractivity contribution >= 4 is 27.5 Å². The van der Waals surface area contributed by atoms with E-state index in [9.17, 15) is 4.79 Å². The van der Waals surface area contributed by atoms with Gasteiger partial charge in [-0.15, -0.1) is 5.10 Å². The van der Waals surface area contributed by atoms with Gasteiger partial charge in [-0.05, 0) is 68.4 Å². The highest BCUT2D eigenvalue weighted by Gasteiger charge is 2.55. The normalized spacial score (nSPS) is 34.0. The van der Waals surface area contributed by atoms with Crippen LogP contribution in [0, 0.1) is 23.2 Å². The van der Waals surface area contributed by atoms with Gasteiger partial charge >= 0.3 is 0 Å². The third-order valence-corrected chi connectivity index (χ3v) is 7.84. The van der Waals surface area contributed by atoms with Gasteiger partial charge in [0.15, 0.2) is 0 Å². The minimum atomic E-state index is -0.123. The molecular formula is C20H25N3OS. The number of para-hydroxylation sites is 1. The number of amides is 1. The zero-order chi connectivity index (χ0) is 17.2. The lowest BCUT2D eigenvalue weighted by atomic mass is 9.49. The predicted octanol–water partition coefficient (Wildman–Crippen LogP) is 3.73. The standard InChI is InChI=1S/C20H25N3OS/c1-22-16-5-3-4-6-17(16)25-19(22)21-23(2)18(24)20-10-13-7-14(11-20)9-15(8-13)12-20/h3-6,13-15H,7-12H2,1-2H3/b21-19-. The number of hydrogen-bond acceptors (Lipinski definition) is 3. The zero-order valence-electron chi connectivity index (χ0n) is 14.9. The summed E-state index contributed by atoms with van der Waals surface area (Å²) in [6.07, 6.45) is 7.36. The Kier molecular flexibility index (Phi) is 3.40. The molecule has 25 heavy (non-hydrogen) atoms. The SMILES string of the molecule is CN(/N=c1\sc2ccccc2n1C)C(=O)C12CC3CC(CC(C3)C1)C2. The van der Waals surface area contributed by atoms with Gasteiger partial charge in [0.2, 0.25) is 10.7 Å². The highest BCUT2D eigenvalue weighted by Crippen LogP contribution is 2.60. The van der Waals surface area contributed by atoms with Crippen LogP contribution in [0.4, 0.5) is 0 Å². The fourth-order valence-corrected chi connectivity index (χ4v) is 7.12. The molecule has 1 amide bonds. The van der Waals surface area contributed by atoms with Crippen molar-refractivity contribution < 1.29 is 4.79 Å². The predicted molar refractivity (Wildman–Crippen MR) is 99.7 cm³/mol. The topological polar surface area (TPSA) is 37.6 Å². The first-order chi connectivity index (χ1) is 12.0. The average molecular weight is 356 g/mol. The van der Waals surface area contributed by atoms with Gasteiger partial charge < -0.3 is 4.57 Å². The summed E-state index contributed by atoms with van der Waals surface area (Å²) in [7, 11) is 3.88. The van der Waals surface area contributed by atoms with Crippen molar-refractivity contribution in [2.45, 2.75) is 38.5 Å². The zero-order valence-corrected chi connectivity index (χ0v) is 15.8. The molecule has 4 fully saturated rings. The molecule has 4 saturated carbocycles. The molecule has 0 saturated heterocycles. The Labute approximate surface area is 152 Å². The van der Waals surface area contributed by atoms with Crippen LogP contribution in [0.15, 0.2) is 29.4 Å². The Morgan fingerprint density at radius 2 is 1.76 bits per heavy atom. The molecule has 0 atom stereocenters. The minimum Gasteiger partial charge on any atom is -0.318 e. The fraction of sp³-hybridized carbons (Fsp3) is 0.600. The Bertz CT molecular complexity index is 874. The molecule has 1 aromatic heterocycles. The van der Waals surface area contributed by atoms with Crippen LogP contribution >= 0.6 is 11.3 Å². The van der Waals surface area contributed by atoms with Crippen LogP contribution in [0.2, 0.25) is 0 Å². The maximum Gasteiger partial charge on any atom is 0.248 e. The highest BCUT2D eigenvalue weighted by atomic mass is 32.1. The molecule has 0 radical (unpaired) electrons. The van der Waals surface area contributed by atoms with Crippen molar-refractivity contribution in [2.24, 2.45) is 35.3 Å². The van der Waals surface area contributed by atoms with Crippen molar-refractivity contribution in [3.8, 4) is 0 Å². The number of hydrogen-bond donors (Lipinski definition) is 0. The van der Waals surface area contributed by atoms with Crippen LogP contribution < -0.4 is 4.80 Å². The molecule has 0 N–H and O–H groups in total. The van der Waals surface area contributed by atoms with E-state index in [0.29, 0.717) is 0 Å². The van der Waals surface area contributed by atoms with Gasteiger partial charge in [-0.25, -0.2) is 5.01 Å². The Morgan fingerprint density at radius 3 is 2.36 bits per heavy atom. The smallest absolute Gasteiger partial charge is 0.248 e. The maximum absolute atomic E-state index is 13.4. The molecule has 0 aliphatic heterocycles. The maximum atomic E-state index is 13.4. The first kappa shape index (κ1) is 15.6. The minimum absolute atomic E-state index is 0.123. The van der Waals surface area contributed by atoms with E-state index in [-0.39, 0.29) is 11.3 Å². The van der Waals surface area contributed by atoms with Gasteiger partial charge in [-0.1, -0.05) is 23.5 Å². The largest absolute Gasteiger partial charge is 0.318 e. The van der Waals surface area contributed by atoms with E-state index < -0.39 is 0 Å². The summed E-state index contributed by atoms with van der Waals surface area (Å²) in [5.74, 6) is 2.60. The molecule has 0 spiro atoms. The van der Waals surface area contributed by atoms with Crippen LogP contribution in [0.1, 0.15) is 38.5 Å². The van der Waals surface area contributed by atoms with Crippen LogP contribution in [0.25, 0.3) is 10.2 Å². The molecule has 1 aromatic carbocycles. The van der Waals surface area contributed by atoms with Crippen molar-refractivity contribution in [1.29, 1.82) is 0 Å². The molecule has 4 bridgehead atoms. The number of aromatic nitrogens is 1. The number of nitrogens with zero attached hydrogens (tertiary/aromatic N) is 3. The molecular weight excluding hydrogens is 330 g/mol. The summed E-state index contributed by atoms with van der Waals surface area (Å²) in [6.45, 7) is 0. The van der Waals surface area contributed by atoms with Gasteiger partial charge in [-0.3, -0.25) is 4.79 Å². The van der Waals surface area contributed by atoms with Gasteiger partial charge in [0.1, 0.15) is 0 Å². The molecule has 1 heterocycles. The van der Waals surface area contributed by atoms with Crippen molar-refractivity contribution in [1.82, 2.24) is 9.58 Å². The Morgan fingerprint density at radius 1 is 1.16 bits per heavy atom. The van der Waals surface area contributed by atoms with E-state index >= 15 is 0 Å². The fourth-order valence-electron chi connectivity index (χ4n) is 6.07. The molecule has 4 aliphatic rings. The van der Waals surface area contributed by atoms with Crippen molar-refractivity contribution in [3.05, 3.63) is 29.1 Å². The summed E-state index contributed by atoms with van der Waals surface area (Å²) in [6, 6.07) is 8.31. The van der Waals surface area contributed by atoms with E-state index in [1.165, 1.54) is 29.5 Å². The molecule has 2 aromatic rings. The van der Waals surface area contributed by atoms with Gasteiger partial charge in [0.05, 0.1) is 15.6 Å². The van der Waals surface area contributed by atoms with Crippen molar-refractivity contribution in [3.63, 3.8) is 0 Å². The highest BCUT2D eigenvalue weighted by molar-refractivity contribution is 7.16. The lowest BCUT2D eigenvalue weighted by Crippen LogP contribution is -2.53. The number of carbonyl (C=O) groups is 1. The van der Waals surface area contributed by atoms with E-state index in [2.05, 4.69) is 16.7 Å². The lowest BCUT2D eigenvalue weighted by molar-refractivity contribution is -0.156. The lowest BCUT2D eigenvalue weighted by Gasteiger charge is -2.56. The second-order valence-electron chi connectivity index (χ2n) is 8.54. The number of rotatable bonds is 2. The summed E-state index contributed by atoms with van der Waals surface area (Å²) in [4.78, 5) is 14.2. The molecule has 5 heteroatoms. The Hall–Kier alpha value is -1.62. The van der Waals surface area contributed by atoms with Crippen LogP contribution in [-0.4, -0.2) is 22.5 Å². The number of benzene rings is 1. The average Bonchev–Trinajstić information content (AvgIpc) is 2.89. The first-order valence-corrected chi connectivity index (χ1v) is 10.2. The molecule has 4 nitrogen and oxygen atoms in total. The molecule has 4 aliphatic carbocycles. The summed E-state index contributed by atoms with van der Waals surface area (Å²) in [5.41, 5.74) is 1.05. The summed E-state index contributed by atoms with van der Waals surface area (Å²) in [5, 5.41) is 6.37. The van der Waals surface area contributed by atoms with E-state index in [1.54, 1.807) is 16.3 Å². The molecule has 132 valence electrons. The van der Waals surface area contributed by atoms with Crippen molar-refractivity contribution in [2.75, 3.05) is 7.05 Å². The van der Waals surface area contributed by atoms with Crippen LogP contribution in [-0.2, 0) is 11.8 Å². The third-order valence-electron chi connectivity index (χ3n) is 6.74. The quantitative estimate of drug-likeness (QED) is 0.756. The first-order valence-electron chi connectivity index (χ1n) is 9.41. The monoisotopic (exact) mass is 355 g/mol. The van der Waals surface area contributed by atoms with Gasteiger partial charge in [-0.2, -0.15) is 0 Å². The second-order valence-corrected chi connectivity index (χ2v) is 9.55. The molecule has 0 unspecified atom stereocenters. The number of thiazole rings is 1. The van der Waals surface area contributed by atoms with E-state index in [4.69, 9.17) is 5.10 Å². The van der Waals surface area contributed by atoms with Gasteiger partial charge in [0.25, 0.3) is 0 Å². The van der Waals surface area contributed by atoms with Crippen LogP contribution in [0.3, 0.4) is 0 Å². The molecule has 6 rings (SSSR count). The number of aryl methyl sites for hydroxylation is 1. The van der Waals surface area contributed by atoms with E-state index in [1.807, 2.05) is 26.2 Å². The van der Waals surface area contributed by atoms with Crippen LogP contribution in [0.5, 0.6) is 0 Å².